The van der Waals surface area contributed by atoms with Gasteiger partial charge in [-0.2, -0.15) is 0 Å². The Morgan fingerprint density at radius 1 is 1.25 bits per heavy atom. The summed E-state index contributed by atoms with van der Waals surface area (Å²) >= 11 is 3.00. The maximum absolute atomic E-state index is 12.3. The average molecular weight is 416 g/mol. The number of benzene rings is 1. The van der Waals surface area contributed by atoms with Gasteiger partial charge in [-0.25, -0.2) is 0 Å². The highest BCUT2D eigenvalue weighted by Crippen LogP contribution is 2.26. The van der Waals surface area contributed by atoms with Crippen LogP contribution in [0.15, 0.2) is 46.9 Å². The van der Waals surface area contributed by atoms with Crippen LogP contribution in [0.1, 0.15) is 20.8 Å². The van der Waals surface area contributed by atoms with Gasteiger partial charge in [-0.3, -0.25) is 4.79 Å². The molecule has 0 aliphatic rings. The molecule has 0 fully saturated rings. The Labute approximate surface area is 174 Å². The van der Waals surface area contributed by atoms with Crippen LogP contribution >= 0.6 is 23.1 Å². The molecule has 0 spiro atoms. The SMILES string of the molecule is CCN(c1ccc(NC(=O)CSc2nnc(-c3cccs3)n2C)cc1)C(C)C. The Balaban J connectivity index is 1.56. The number of carbonyl (C=O) groups is 1. The molecule has 0 aliphatic heterocycles. The van der Waals surface area contributed by atoms with Crippen LogP contribution in [-0.2, 0) is 11.8 Å². The van der Waals surface area contributed by atoms with Crippen molar-refractivity contribution in [2.24, 2.45) is 7.05 Å². The van der Waals surface area contributed by atoms with Crippen LogP contribution in [0.2, 0.25) is 0 Å². The highest BCUT2D eigenvalue weighted by Gasteiger charge is 2.14. The van der Waals surface area contributed by atoms with Crippen molar-refractivity contribution in [2.75, 3.05) is 22.5 Å². The maximum Gasteiger partial charge on any atom is 0.234 e. The molecule has 0 saturated heterocycles. The number of nitrogens with one attached hydrogen (secondary N) is 1. The molecule has 28 heavy (non-hydrogen) atoms. The highest BCUT2D eigenvalue weighted by molar-refractivity contribution is 7.99. The van der Waals surface area contributed by atoms with Gasteiger partial charge in [-0.15, -0.1) is 21.5 Å². The molecule has 3 rings (SSSR count). The first-order valence-electron chi connectivity index (χ1n) is 9.22. The van der Waals surface area contributed by atoms with Crippen molar-refractivity contribution >= 4 is 40.4 Å². The van der Waals surface area contributed by atoms with Crippen LogP contribution in [0.4, 0.5) is 11.4 Å². The van der Waals surface area contributed by atoms with Crippen molar-refractivity contribution < 1.29 is 4.79 Å². The minimum atomic E-state index is -0.0605. The van der Waals surface area contributed by atoms with Crippen molar-refractivity contribution in [2.45, 2.75) is 32.0 Å². The number of amides is 1. The molecule has 0 unspecified atom stereocenters. The van der Waals surface area contributed by atoms with E-state index in [9.17, 15) is 4.79 Å². The standard InChI is InChI=1S/C20H25N5OS2/c1-5-25(14(2)3)16-10-8-15(9-11-16)21-18(26)13-28-20-23-22-19(24(20)4)17-7-6-12-27-17/h6-12,14H,5,13H2,1-4H3,(H,21,26). The van der Waals surface area contributed by atoms with Gasteiger partial charge < -0.3 is 14.8 Å². The first-order valence-corrected chi connectivity index (χ1v) is 11.1. The summed E-state index contributed by atoms with van der Waals surface area (Å²) in [5.74, 6) is 1.04. The fraction of sp³-hybridized carbons (Fsp3) is 0.350. The van der Waals surface area contributed by atoms with Crippen molar-refractivity contribution in [3.8, 4) is 10.7 Å². The number of carbonyl (C=O) groups excluding carboxylic acids is 1. The van der Waals surface area contributed by atoms with Crippen molar-refractivity contribution in [3.63, 3.8) is 0 Å². The molecular weight excluding hydrogens is 390 g/mol. The summed E-state index contributed by atoms with van der Waals surface area (Å²) in [5.41, 5.74) is 1.96. The fourth-order valence-electron chi connectivity index (χ4n) is 2.97. The molecule has 3 aromatic rings. The van der Waals surface area contributed by atoms with Gasteiger partial charge in [0, 0.05) is 31.0 Å². The zero-order valence-electron chi connectivity index (χ0n) is 16.5. The molecule has 2 aromatic heterocycles. The smallest absolute Gasteiger partial charge is 0.234 e. The van der Waals surface area contributed by atoms with E-state index in [1.165, 1.54) is 11.8 Å². The Hall–Kier alpha value is -2.32. The molecule has 0 saturated carbocycles. The molecule has 0 atom stereocenters. The Morgan fingerprint density at radius 2 is 2.00 bits per heavy atom. The molecule has 0 aliphatic carbocycles. The van der Waals surface area contributed by atoms with Gasteiger partial charge in [0.15, 0.2) is 11.0 Å². The molecular formula is C20H25N5OS2. The van der Waals surface area contributed by atoms with E-state index in [1.54, 1.807) is 11.3 Å². The van der Waals surface area contributed by atoms with Crippen molar-refractivity contribution in [1.29, 1.82) is 0 Å². The van der Waals surface area contributed by atoms with Gasteiger partial charge in [-0.1, -0.05) is 17.8 Å². The molecule has 148 valence electrons. The highest BCUT2D eigenvalue weighted by atomic mass is 32.2. The minimum Gasteiger partial charge on any atom is -0.369 e. The number of aromatic nitrogens is 3. The molecule has 1 amide bonds. The first kappa shape index (κ1) is 20.4. The van der Waals surface area contributed by atoms with Gasteiger partial charge >= 0.3 is 0 Å². The lowest BCUT2D eigenvalue weighted by Gasteiger charge is -2.27. The van der Waals surface area contributed by atoms with E-state index < -0.39 is 0 Å². The van der Waals surface area contributed by atoms with Gasteiger partial charge in [0.1, 0.15) is 0 Å². The van der Waals surface area contributed by atoms with E-state index in [0.29, 0.717) is 6.04 Å². The number of hydrogen-bond donors (Lipinski definition) is 1. The van der Waals surface area contributed by atoms with Gasteiger partial charge in [0.05, 0.1) is 10.6 Å². The number of thiophene rings is 1. The monoisotopic (exact) mass is 415 g/mol. The number of anilines is 2. The van der Waals surface area contributed by atoms with Crippen molar-refractivity contribution in [1.82, 2.24) is 14.8 Å². The lowest BCUT2D eigenvalue weighted by atomic mass is 10.2. The van der Waals surface area contributed by atoms with Crippen molar-refractivity contribution in [3.05, 3.63) is 41.8 Å². The summed E-state index contributed by atoms with van der Waals surface area (Å²) in [5, 5.41) is 14.1. The third-order valence-electron chi connectivity index (χ3n) is 4.36. The van der Waals surface area contributed by atoms with Gasteiger partial charge in [0.25, 0.3) is 0 Å². The van der Waals surface area contributed by atoms with Crippen LogP contribution in [0.3, 0.4) is 0 Å². The van der Waals surface area contributed by atoms with Crippen LogP contribution in [0.5, 0.6) is 0 Å². The quantitative estimate of drug-likeness (QED) is 0.549. The molecule has 8 heteroatoms. The Morgan fingerprint density at radius 3 is 2.61 bits per heavy atom. The maximum atomic E-state index is 12.3. The van der Waals surface area contributed by atoms with Crippen LogP contribution < -0.4 is 10.2 Å². The predicted molar refractivity (Wildman–Crippen MR) is 118 cm³/mol. The van der Waals surface area contributed by atoms with Gasteiger partial charge in [0.2, 0.25) is 5.91 Å². The summed E-state index contributed by atoms with van der Waals surface area (Å²) in [6, 6.07) is 12.4. The zero-order chi connectivity index (χ0) is 20.1. The number of thioether (sulfide) groups is 1. The van der Waals surface area contributed by atoms with E-state index in [-0.39, 0.29) is 11.7 Å². The predicted octanol–water partition coefficient (Wildman–Crippen LogP) is 4.51. The number of rotatable bonds is 8. The number of hydrogen-bond acceptors (Lipinski definition) is 6. The second-order valence-corrected chi connectivity index (χ2v) is 8.50. The lowest BCUT2D eigenvalue weighted by molar-refractivity contribution is -0.113. The third-order valence-corrected chi connectivity index (χ3v) is 6.24. The molecule has 1 N–H and O–H groups in total. The molecule has 1 aromatic carbocycles. The van der Waals surface area contributed by atoms with Crippen LogP contribution in [-0.4, -0.2) is 39.0 Å². The van der Waals surface area contributed by atoms with E-state index in [2.05, 4.69) is 41.2 Å². The summed E-state index contributed by atoms with van der Waals surface area (Å²) < 4.78 is 1.92. The summed E-state index contributed by atoms with van der Waals surface area (Å²) in [4.78, 5) is 15.7. The first-order chi connectivity index (χ1) is 13.5. The summed E-state index contributed by atoms with van der Waals surface area (Å²) in [7, 11) is 1.92. The molecule has 2 heterocycles. The Bertz CT molecular complexity index is 903. The summed E-state index contributed by atoms with van der Waals surface area (Å²) in [6.07, 6.45) is 0. The minimum absolute atomic E-state index is 0.0605. The van der Waals surface area contributed by atoms with Crippen LogP contribution in [0, 0.1) is 0 Å². The third kappa shape index (κ3) is 4.74. The normalized spacial score (nSPS) is 11.0. The Kier molecular flexibility index (Phi) is 6.74. The largest absolute Gasteiger partial charge is 0.369 e. The number of nitrogens with zero attached hydrogens (tertiary/aromatic N) is 4. The second kappa shape index (κ2) is 9.25. The van der Waals surface area contributed by atoms with E-state index in [4.69, 9.17) is 0 Å². The van der Waals surface area contributed by atoms with Crippen LogP contribution in [0.25, 0.3) is 10.7 Å². The van der Waals surface area contributed by atoms with E-state index >= 15 is 0 Å². The zero-order valence-corrected chi connectivity index (χ0v) is 18.2. The second-order valence-electron chi connectivity index (χ2n) is 6.61. The average Bonchev–Trinajstić information content (AvgIpc) is 3.31. The molecule has 6 nitrogen and oxygen atoms in total. The lowest BCUT2D eigenvalue weighted by Crippen LogP contribution is -2.30. The fourth-order valence-corrected chi connectivity index (χ4v) is 4.43. The van der Waals surface area contributed by atoms with E-state index in [1.807, 2.05) is 53.4 Å². The van der Waals surface area contributed by atoms with Gasteiger partial charge in [-0.05, 0) is 56.5 Å². The topological polar surface area (TPSA) is 63.1 Å². The molecule has 0 radical (unpaired) electrons. The molecule has 0 bridgehead atoms. The summed E-state index contributed by atoms with van der Waals surface area (Å²) in [6.45, 7) is 7.44. The van der Waals surface area contributed by atoms with E-state index in [0.717, 1.165) is 33.8 Å².